The molecule has 1 saturated heterocycles. The molecule has 1 heterocycles. The van der Waals surface area contributed by atoms with Crippen LogP contribution in [-0.2, 0) is 4.79 Å². The van der Waals surface area contributed by atoms with Crippen molar-refractivity contribution in [1.82, 2.24) is 9.80 Å². The molecule has 0 spiro atoms. The third kappa shape index (κ3) is 4.30. The molecule has 1 fully saturated rings. The van der Waals surface area contributed by atoms with Crippen LogP contribution in [0.1, 0.15) is 26.2 Å². The number of hydrogen-bond acceptors (Lipinski definition) is 3. The van der Waals surface area contributed by atoms with Crippen LogP contribution in [0.2, 0.25) is 0 Å². The maximum absolute atomic E-state index is 12.4. The van der Waals surface area contributed by atoms with Gasteiger partial charge in [-0.15, -0.1) is 0 Å². The standard InChI is InChI=1S/C13H24N2O3S/c1-4-11(9-19-3)14(2)13(18)15-7-5-6-10(8-15)12(16)17/h10-11H,4-9H2,1-3H3,(H,16,17)/t10-,11?/m0/s1. The third-order valence-corrected chi connectivity index (χ3v) is 4.44. The zero-order chi connectivity index (χ0) is 14.4. The molecule has 19 heavy (non-hydrogen) atoms. The Balaban J connectivity index is 2.62. The van der Waals surface area contributed by atoms with E-state index in [1.165, 1.54) is 0 Å². The van der Waals surface area contributed by atoms with Gasteiger partial charge in [-0.25, -0.2) is 4.79 Å². The molecule has 0 aromatic heterocycles. The normalized spacial score (nSPS) is 21.0. The lowest BCUT2D eigenvalue weighted by Gasteiger charge is -2.36. The summed E-state index contributed by atoms with van der Waals surface area (Å²) < 4.78 is 0. The zero-order valence-electron chi connectivity index (χ0n) is 12.0. The van der Waals surface area contributed by atoms with Crippen molar-refractivity contribution in [3.8, 4) is 0 Å². The fourth-order valence-electron chi connectivity index (χ4n) is 2.43. The topological polar surface area (TPSA) is 60.9 Å². The Hall–Kier alpha value is -0.910. The number of amides is 2. The summed E-state index contributed by atoms with van der Waals surface area (Å²) >= 11 is 1.73. The summed E-state index contributed by atoms with van der Waals surface area (Å²) in [4.78, 5) is 26.9. The first-order valence-electron chi connectivity index (χ1n) is 6.74. The van der Waals surface area contributed by atoms with Gasteiger partial charge in [0.2, 0.25) is 0 Å². The Morgan fingerprint density at radius 1 is 1.53 bits per heavy atom. The number of rotatable bonds is 5. The Morgan fingerprint density at radius 2 is 2.21 bits per heavy atom. The first kappa shape index (κ1) is 16.1. The number of nitrogens with zero attached hydrogens (tertiary/aromatic N) is 2. The number of piperidine rings is 1. The second kappa shape index (κ2) is 7.62. The van der Waals surface area contributed by atoms with Crippen molar-refractivity contribution in [2.24, 2.45) is 5.92 Å². The van der Waals surface area contributed by atoms with Crippen LogP contribution in [0.4, 0.5) is 4.79 Å². The average Bonchev–Trinajstić information content (AvgIpc) is 2.43. The van der Waals surface area contributed by atoms with E-state index in [1.54, 1.807) is 21.6 Å². The molecule has 1 aliphatic heterocycles. The van der Waals surface area contributed by atoms with Crippen molar-refractivity contribution in [3.05, 3.63) is 0 Å². The van der Waals surface area contributed by atoms with E-state index in [2.05, 4.69) is 6.92 Å². The molecule has 0 aliphatic carbocycles. The van der Waals surface area contributed by atoms with Crippen molar-refractivity contribution < 1.29 is 14.7 Å². The van der Waals surface area contributed by atoms with Gasteiger partial charge in [0.05, 0.1) is 5.92 Å². The van der Waals surface area contributed by atoms with Crippen LogP contribution in [0.15, 0.2) is 0 Å². The smallest absolute Gasteiger partial charge is 0.320 e. The Labute approximate surface area is 119 Å². The van der Waals surface area contributed by atoms with E-state index in [-0.39, 0.29) is 12.1 Å². The molecule has 1 N–H and O–H groups in total. The zero-order valence-corrected chi connectivity index (χ0v) is 12.8. The van der Waals surface area contributed by atoms with Crippen LogP contribution in [0.25, 0.3) is 0 Å². The third-order valence-electron chi connectivity index (χ3n) is 3.72. The summed E-state index contributed by atoms with van der Waals surface area (Å²) in [5.74, 6) is -0.294. The van der Waals surface area contributed by atoms with Crippen molar-refractivity contribution in [2.75, 3.05) is 32.1 Å². The number of thioether (sulfide) groups is 1. The van der Waals surface area contributed by atoms with Crippen molar-refractivity contribution >= 4 is 23.8 Å². The number of hydrogen-bond donors (Lipinski definition) is 1. The lowest BCUT2D eigenvalue weighted by molar-refractivity contribution is -0.143. The molecular formula is C13H24N2O3S. The molecule has 1 unspecified atom stereocenters. The average molecular weight is 288 g/mol. The first-order chi connectivity index (χ1) is 9.01. The number of carboxylic acid groups (broad SMARTS) is 1. The Bertz CT molecular complexity index is 325. The SMILES string of the molecule is CCC(CSC)N(C)C(=O)N1CCC[C@H](C(=O)O)C1. The highest BCUT2D eigenvalue weighted by Gasteiger charge is 2.31. The molecule has 0 radical (unpaired) electrons. The summed E-state index contributed by atoms with van der Waals surface area (Å²) in [7, 11) is 1.82. The molecule has 110 valence electrons. The van der Waals surface area contributed by atoms with E-state index >= 15 is 0 Å². The maximum atomic E-state index is 12.4. The lowest BCUT2D eigenvalue weighted by Crippen LogP contribution is -2.50. The van der Waals surface area contributed by atoms with Crippen LogP contribution in [0.5, 0.6) is 0 Å². The molecule has 0 aromatic rings. The van der Waals surface area contributed by atoms with Gasteiger partial charge in [-0.2, -0.15) is 11.8 Å². The molecule has 1 rings (SSSR count). The van der Waals surface area contributed by atoms with E-state index in [0.29, 0.717) is 19.5 Å². The van der Waals surface area contributed by atoms with Gasteiger partial charge in [0.15, 0.2) is 0 Å². The van der Waals surface area contributed by atoms with Crippen molar-refractivity contribution in [1.29, 1.82) is 0 Å². The predicted molar refractivity (Wildman–Crippen MR) is 77.6 cm³/mol. The van der Waals surface area contributed by atoms with Gasteiger partial charge in [-0.1, -0.05) is 6.92 Å². The summed E-state index contributed by atoms with van der Waals surface area (Å²) in [6, 6.07) is 0.180. The number of urea groups is 1. The van der Waals surface area contributed by atoms with Crippen LogP contribution in [0, 0.1) is 5.92 Å². The summed E-state index contributed by atoms with van der Waals surface area (Å²) in [5.41, 5.74) is 0. The molecule has 2 amide bonds. The second-order valence-electron chi connectivity index (χ2n) is 5.03. The first-order valence-corrected chi connectivity index (χ1v) is 8.14. The van der Waals surface area contributed by atoms with Crippen LogP contribution in [-0.4, -0.2) is 65.1 Å². The van der Waals surface area contributed by atoms with Gasteiger partial charge >= 0.3 is 12.0 Å². The molecule has 0 aromatic carbocycles. The van der Waals surface area contributed by atoms with Gasteiger partial charge in [0.25, 0.3) is 0 Å². The molecule has 5 nitrogen and oxygen atoms in total. The van der Waals surface area contributed by atoms with Gasteiger partial charge in [-0.3, -0.25) is 4.79 Å². The van der Waals surface area contributed by atoms with Gasteiger partial charge in [0, 0.05) is 31.9 Å². The van der Waals surface area contributed by atoms with Crippen molar-refractivity contribution in [3.63, 3.8) is 0 Å². The molecule has 6 heteroatoms. The van der Waals surface area contributed by atoms with Gasteiger partial charge in [-0.05, 0) is 25.5 Å². The van der Waals surface area contributed by atoms with Crippen LogP contribution in [0.3, 0.4) is 0 Å². The second-order valence-corrected chi connectivity index (χ2v) is 5.94. The van der Waals surface area contributed by atoms with E-state index < -0.39 is 11.9 Å². The molecule has 1 aliphatic rings. The molecule has 0 saturated carbocycles. The maximum Gasteiger partial charge on any atom is 0.320 e. The van der Waals surface area contributed by atoms with Gasteiger partial charge in [0.1, 0.15) is 0 Å². The fourth-order valence-corrected chi connectivity index (χ4v) is 3.27. The number of carbonyl (C=O) groups is 2. The van der Waals surface area contributed by atoms with Crippen LogP contribution < -0.4 is 0 Å². The van der Waals surface area contributed by atoms with Gasteiger partial charge < -0.3 is 14.9 Å². The van der Waals surface area contributed by atoms with E-state index in [1.807, 2.05) is 13.3 Å². The van der Waals surface area contributed by atoms with E-state index in [4.69, 9.17) is 5.11 Å². The Kier molecular flexibility index (Phi) is 6.48. The highest BCUT2D eigenvalue weighted by molar-refractivity contribution is 7.98. The summed E-state index contributed by atoms with van der Waals surface area (Å²) in [6.07, 6.45) is 4.39. The summed E-state index contributed by atoms with van der Waals surface area (Å²) in [6.45, 7) is 3.08. The molecule has 2 atom stereocenters. The minimum absolute atomic E-state index is 0.0353. The highest BCUT2D eigenvalue weighted by Crippen LogP contribution is 2.19. The summed E-state index contributed by atoms with van der Waals surface area (Å²) in [5, 5.41) is 9.06. The lowest BCUT2D eigenvalue weighted by atomic mass is 9.98. The van der Waals surface area contributed by atoms with E-state index in [0.717, 1.165) is 18.6 Å². The molecular weight excluding hydrogens is 264 g/mol. The monoisotopic (exact) mass is 288 g/mol. The van der Waals surface area contributed by atoms with Crippen molar-refractivity contribution in [2.45, 2.75) is 32.2 Å². The quantitative estimate of drug-likeness (QED) is 0.840. The van der Waals surface area contributed by atoms with Crippen LogP contribution >= 0.6 is 11.8 Å². The minimum atomic E-state index is -0.795. The van der Waals surface area contributed by atoms with E-state index in [9.17, 15) is 9.59 Å². The number of likely N-dealkylation sites (tertiary alicyclic amines) is 1. The number of aliphatic carboxylic acids is 1. The minimum Gasteiger partial charge on any atom is -0.481 e. The largest absolute Gasteiger partial charge is 0.481 e. The predicted octanol–water partition coefficient (Wildman–Crippen LogP) is 1.98. The highest BCUT2D eigenvalue weighted by atomic mass is 32.2. The Morgan fingerprint density at radius 3 is 2.74 bits per heavy atom. The molecule has 0 bridgehead atoms. The number of carbonyl (C=O) groups excluding carboxylic acids is 1. The number of carboxylic acids is 1. The fraction of sp³-hybridized carbons (Fsp3) is 0.846.